The number of aryl methyl sites for hydroxylation is 1. The molecular formula is C18H15FN8. The van der Waals surface area contributed by atoms with E-state index >= 15 is 0 Å². The molecule has 0 aliphatic heterocycles. The minimum Gasteiger partial charge on any atom is -0.382 e. The van der Waals surface area contributed by atoms with E-state index in [1.807, 2.05) is 6.07 Å². The van der Waals surface area contributed by atoms with Crippen LogP contribution in [0.25, 0.3) is 5.69 Å². The van der Waals surface area contributed by atoms with E-state index in [4.69, 9.17) is 11.0 Å². The van der Waals surface area contributed by atoms with Gasteiger partial charge in [-0.1, -0.05) is 0 Å². The Labute approximate surface area is 154 Å². The lowest BCUT2D eigenvalue weighted by Crippen LogP contribution is -2.07. The first-order valence-corrected chi connectivity index (χ1v) is 8.12. The van der Waals surface area contributed by atoms with Crippen molar-refractivity contribution in [3.05, 3.63) is 59.4 Å². The van der Waals surface area contributed by atoms with E-state index in [9.17, 15) is 9.65 Å². The highest BCUT2D eigenvalue weighted by atomic mass is 19.1. The zero-order chi connectivity index (χ0) is 19.2. The Bertz CT molecular complexity index is 1030. The Hall–Kier alpha value is -3.98. The van der Waals surface area contributed by atoms with Gasteiger partial charge in [0.2, 0.25) is 0 Å². The Morgan fingerprint density at radius 3 is 2.56 bits per heavy atom. The number of halogens is 1. The summed E-state index contributed by atoms with van der Waals surface area (Å²) in [5.41, 5.74) is 7.69. The third kappa shape index (κ3) is 3.83. The summed E-state index contributed by atoms with van der Waals surface area (Å²) in [5, 5.41) is 25.8. The lowest BCUT2D eigenvalue weighted by Gasteiger charge is -2.05. The van der Waals surface area contributed by atoms with Crippen LogP contribution in [-0.2, 0) is 6.42 Å². The topological polar surface area (TPSA) is 129 Å². The molecule has 1 aromatic carbocycles. The van der Waals surface area contributed by atoms with Crippen molar-refractivity contribution >= 4 is 11.6 Å². The molecule has 2 heterocycles. The molecule has 3 N–H and O–H groups in total. The molecular weight excluding hydrogens is 347 g/mol. The van der Waals surface area contributed by atoms with E-state index < -0.39 is 0 Å². The second-order valence-corrected chi connectivity index (χ2v) is 5.60. The number of nitrogens with two attached hydrogens (primary N) is 1. The third-order valence-corrected chi connectivity index (χ3v) is 3.86. The predicted molar refractivity (Wildman–Crippen MR) is 96.2 cm³/mol. The Kier molecular flexibility index (Phi) is 5.24. The average molecular weight is 362 g/mol. The summed E-state index contributed by atoms with van der Waals surface area (Å²) >= 11 is 0. The van der Waals surface area contributed by atoms with Crippen LogP contribution in [0, 0.1) is 28.5 Å². The van der Waals surface area contributed by atoms with Gasteiger partial charge in [-0.15, -0.1) is 0 Å². The van der Waals surface area contributed by atoms with Crippen molar-refractivity contribution < 1.29 is 4.39 Å². The van der Waals surface area contributed by atoms with E-state index in [1.165, 1.54) is 29.2 Å². The Morgan fingerprint density at radius 1 is 1.11 bits per heavy atom. The largest absolute Gasteiger partial charge is 0.382 e. The fourth-order valence-electron chi connectivity index (χ4n) is 2.57. The van der Waals surface area contributed by atoms with E-state index in [-0.39, 0.29) is 17.3 Å². The van der Waals surface area contributed by atoms with Gasteiger partial charge in [0.1, 0.15) is 29.3 Å². The molecule has 27 heavy (non-hydrogen) atoms. The lowest BCUT2D eigenvalue weighted by molar-refractivity contribution is 0.627. The summed E-state index contributed by atoms with van der Waals surface area (Å²) in [6, 6.07) is 9.74. The second kappa shape index (κ2) is 7.93. The summed E-state index contributed by atoms with van der Waals surface area (Å²) < 4.78 is 14.5. The number of hydrogen-bond acceptors (Lipinski definition) is 7. The summed E-state index contributed by atoms with van der Waals surface area (Å²) in [4.78, 5) is 8.00. The van der Waals surface area contributed by atoms with Crippen molar-refractivity contribution in [2.24, 2.45) is 0 Å². The van der Waals surface area contributed by atoms with Gasteiger partial charge in [0, 0.05) is 18.9 Å². The smallest absolute Gasteiger partial charge is 0.182 e. The van der Waals surface area contributed by atoms with Gasteiger partial charge in [0.25, 0.3) is 0 Å². The summed E-state index contributed by atoms with van der Waals surface area (Å²) in [6.07, 6.45) is 4.09. The van der Waals surface area contributed by atoms with Crippen LogP contribution in [0.4, 0.5) is 16.0 Å². The van der Waals surface area contributed by atoms with Gasteiger partial charge in [0.15, 0.2) is 11.5 Å². The quantitative estimate of drug-likeness (QED) is 0.643. The van der Waals surface area contributed by atoms with Crippen molar-refractivity contribution in [3.8, 4) is 17.8 Å². The molecule has 3 aromatic rings. The third-order valence-electron chi connectivity index (χ3n) is 3.86. The molecule has 0 bridgehead atoms. The zero-order valence-electron chi connectivity index (χ0n) is 14.2. The minimum atomic E-state index is -0.364. The highest BCUT2D eigenvalue weighted by Crippen LogP contribution is 2.21. The van der Waals surface area contributed by atoms with Crippen molar-refractivity contribution in [1.82, 2.24) is 19.7 Å². The maximum atomic E-state index is 13.1. The number of hydrogen-bond donors (Lipinski definition) is 2. The van der Waals surface area contributed by atoms with Crippen molar-refractivity contribution in [3.63, 3.8) is 0 Å². The number of benzene rings is 1. The van der Waals surface area contributed by atoms with E-state index in [0.29, 0.717) is 42.1 Å². The summed E-state index contributed by atoms with van der Waals surface area (Å²) in [5.74, 6) is 0.265. The highest BCUT2D eigenvalue weighted by Gasteiger charge is 2.16. The number of rotatable bonds is 6. The number of aromatic nitrogens is 4. The van der Waals surface area contributed by atoms with Gasteiger partial charge in [-0.2, -0.15) is 15.6 Å². The first kappa shape index (κ1) is 17.8. The molecule has 9 heteroatoms. The summed E-state index contributed by atoms with van der Waals surface area (Å²) in [6.45, 7) is 0.515. The van der Waals surface area contributed by atoms with Crippen molar-refractivity contribution in [1.29, 1.82) is 10.5 Å². The second-order valence-electron chi connectivity index (χ2n) is 5.60. The van der Waals surface area contributed by atoms with E-state index in [1.54, 1.807) is 12.1 Å². The molecule has 0 aliphatic carbocycles. The molecule has 0 atom stereocenters. The Morgan fingerprint density at radius 2 is 1.85 bits per heavy atom. The van der Waals surface area contributed by atoms with Gasteiger partial charge in [-0.25, -0.2) is 19.0 Å². The van der Waals surface area contributed by atoms with Gasteiger partial charge >= 0.3 is 0 Å². The van der Waals surface area contributed by atoms with Gasteiger partial charge in [0.05, 0.1) is 11.4 Å². The Balaban J connectivity index is 1.70. The standard InChI is InChI=1S/C18H15FN8/c19-12-3-5-13(6-4-12)27-17(22)14(10-20)15(26-27)2-1-7-24-18-16(11-21)23-8-9-25-18/h3-6,8-9H,1-2,7,22H2,(H,24,25). The van der Waals surface area contributed by atoms with Crippen LogP contribution < -0.4 is 11.1 Å². The average Bonchev–Trinajstić information content (AvgIpc) is 3.01. The van der Waals surface area contributed by atoms with E-state index in [2.05, 4.69) is 26.5 Å². The van der Waals surface area contributed by atoms with Crippen LogP contribution in [0.15, 0.2) is 36.7 Å². The van der Waals surface area contributed by atoms with Gasteiger partial charge in [-0.05, 0) is 37.1 Å². The fraction of sp³-hybridized carbons (Fsp3) is 0.167. The van der Waals surface area contributed by atoms with Crippen LogP contribution in [0.1, 0.15) is 23.4 Å². The lowest BCUT2D eigenvalue weighted by atomic mass is 10.1. The fourth-order valence-corrected chi connectivity index (χ4v) is 2.57. The van der Waals surface area contributed by atoms with Crippen molar-refractivity contribution in [2.75, 3.05) is 17.6 Å². The molecule has 2 aromatic heterocycles. The number of anilines is 2. The number of nitriles is 2. The van der Waals surface area contributed by atoms with Crippen LogP contribution in [0.2, 0.25) is 0 Å². The van der Waals surface area contributed by atoms with E-state index in [0.717, 1.165) is 0 Å². The predicted octanol–water partition coefficient (Wildman–Crippen LogP) is 2.17. The molecule has 0 unspecified atom stereocenters. The molecule has 134 valence electrons. The van der Waals surface area contributed by atoms with Crippen LogP contribution in [0.3, 0.4) is 0 Å². The zero-order valence-corrected chi connectivity index (χ0v) is 14.2. The minimum absolute atomic E-state index is 0.216. The molecule has 0 aliphatic rings. The van der Waals surface area contributed by atoms with Crippen LogP contribution in [-0.4, -0.2) is 26.3 Å². The SMILES string of the molecule is N#Cc1nccnc1NCCCc1nn(-c2ccc(F)cc2)c(N)c1C#N. The first-order chi connectivity index (χ1) is 13.1. The van der Waals surface area contributed by atoms with Crippen LogP contribution in [0.5, 0.6) is 0 Å². The highest BCUT2D eigenvalue weighted by molar-refractivity contribution is 5.56. The normalized spacial score (nSPS) is 10.2. The van der Waals surface area contributed by atoms with Crippen LogP contribution >= 0.6 is 0 Å². The van der Waals surface area contributed by atoms with Gasteiger partial charge in [-0.3, -0.25) is 0 Å². The van der Waals surface area contributed by atoms with Gasteiger partial charge < -0.3 is 11.1 Å². The molecule has 3 rings (SSSR count). The summed E-state index contributed by atoms with van der Waals surface area (Å²) in [7, 11) is 0. The maximum Gasteiger partial charge on any atom is 0.182 e. The molecule has 0 amide bonds. The monoisotopic (exact) mass is 362 g/mol. The molecule has 0 fully saturated rings. The molecule has 0 spiro atoms. The van der Waals surface area contributed by atoms with Crippen molar-refractivity contribution in [2.45, 2.75) is 12.8 Å². The molecule has 8 nitrogen and oxygen atoms in total. The number of nitrogen functional groups attached to an aromatic ring is 1. The number of nitrogens with one attached hydrogen (secondary N) is 1. The number of nitrogens with zero attached hydrogens (tertiary/aromatic N) is 6. The molecule has 0 radical (unpaired) electrons. The molecule has 0 saturated carbocycles. The molecule has 0 saturated heterocycles. The first-order valence-electron chi connectivity index (χ1n) is 8.12. The maximum absolute atomic E-state index is 13.1.